The predicted molar refractivity (Wildman–Crippen MR) is 61.3 cm³/mol. The maximum atomic E-state index is 12.6. The minimum Gasteiger partial charge on any atom is -0.462 e. The van der Waals surface area contributed by atoms with Crippen molar-refractivity contribution >= 4 is 5.97 Å². The Morgan fingerprint density at radius 1 is 1.50 bits per heavy atom. The van der Waals surface area contributed by atoms with Gasteiger partial charge in [-0.2, -0.15) is 5.26 Å². The highest BCUT2D eigenvalue weighted by Gasteiger charge is 2.16. The first-order valence-electron chi connectivity index (χ1n) is 5.55. The number of halogens is 2. The Bertz CT molecular complexity index is 467. The van der Waals surface area contributed by atoms with Gasteiger partial charge < -0.3 is 4.74 Å². The molecule has 1 rings (SSSR count). The molecule has 0 aromatic heterocycles. The molecule has 0 aliphatic heterocycles. The second kappa shape index (κ2) is 6.70. The molecule has 0 saturated heterocycles. The zero-order valence-electron chi connectivity index (χ0n) is 9.95. The zero-order valence-corrected chi connectivity index (χ0v) is 9.95. The van der Waals surface area contributed by atoms with Gasteiger partial charge in [0.15, 0.2) is 0 Å². The molecule has 0 spiro atoms. The van der Waals surface area contributed by atoms with E-state index in [-0.39, 0.29) is 24.2 Å². The Hall–Kier alpha value is -1.96. The van der Waals surface area contributed by atoms with Crippen LogP contribution in [0.1, 0.15) is 41.3 Å². The highest BCUT2D eigenvalue weighted by atomic mass is 19.3. The summed E-state index contributed by atoms with van der Waals surface area (Å²) in [6.07, 6.45) is -2.07. The molecule has 1 aromatic rings. The average Bonchev–Trinajstić information content (AvgIpc) is 2.36. The monoisotopic (exact) mass is 253 g/mol. The Morgan fingerprint density at radius 3 is 2.78 bits per heavy atom. The maximum Gasteiger partial charge on any atom is 0.338 e. The summed E-state index contributed by atoms with van der Waals surface area (Å²) in [5.41, 5.74) is 0.447. The number of ether oxygens (including phenoxy) is 1. The molecule has 0 radical (unpaired) electrons. The Morgan fingerprint density at radius 2 is 2.22 bits per heavy atom. The summed E-state index contributed by atoms with van der Waals surface area (Å²) in [6, 6.07) is 5.80. The van der Waals surface area contributed by atoms with Crippen molar-refractivity contribution < 1.29 is 18.3 Å². The van der Waals surface area contributed by atoms with E-state index in [1.807, 2.05) is 6.07 Å². The molecule has 0 fully saturated rings. The fraction of sp³-hybridized carbons (Fsp3) is 0.385. The molecule has 0 aliphatic rings. The van der Waals surface area contributed by atoms with Crippen LogP contribution in [0.25, 0.3) is 0 Å². The van der Waals surface area contributed by atoms with Crippen LogP contribution in [0, 0.1) is 11.3 Å². The van der Waals surface area contributed by atoms with Gasteiger partial charge in [0, 0.05) is 12.0 Å². The third kappa shape index (κ3) is 3.52. The van der Waals surface area contributed by atoms with Gasteiger partial charge in [-0.1, -0.05) is 12.1 Å². The van der Waals surface area contributed by atoms with E-state index in [4.69, 9.17) is 10.00 Å². The van der Waals surface area contributed by atoms with Crippen LogP contribution in [0.4, 0.5) is 8.78 Å². The van der Waals surface area contributed by atoms with Crippen molar-refractivity contribution in [1.29, 1.82) is 5.26 Å². The summed E-state index contributed by atoms with van der Waals surface area (Å²) >= 11 is 0. The Labute approximate surface area is 104 Å². The number of esters is 1. The number of alkyl halides is 2. The second-order valence-electron chi connectivity index (χ2n) is 3.60. The standard InChI is InChI=1S/C13H13F2NO2/c1-2-18-13(17)11-8-10(12(14)15)6-5-9(11)4-3-7-16/h5-6,8,12H,2-4H2,1H3. The van der Waals surface area contributed by atoms with Gasteiger partial charge >= 0.3 is 5.97 Å². The lowest BCUT2D eigenvalue weighted by Crippen LogP contribution is -2.09. The summed E-state index contributed by atoms with van der Waals surface area (Å²) in [5.74, 6) is -0.632. The molecule has 0 bridgehead atoms. The van der Waals surface area contributed by atoms with E-state index in [1.165, 1.54) is 12.1 Å². The van der Waals surface area contributed by atoms with Crippen molar-refractivity contribution in [1.82, 2.24) is 0 Å². The topological polar surface area (TPSA) is 50.1 Å². The molecule has 5 heteroatoms. The number of hydrogen-bond acceptors (Lipinski definition) is 3. The molecule has 0 saturated carbocycles. The highest BCUT2D eigenvalue weighted by molar-refractivity contribution is 5.91. The first-order valence-corrected chi connectivity index (χ1v) is 5.55. The van der Waals surface area contributed by atoms with E-state index in [1.54, 1.807) is 6.92 Å². The summed E-state index contributed by atoms with van der Waals surface area (Å²) in [5, 5.41) is 8.52. The van der Waals surface area contributed by atoms with Crippen LogP contribution in [0.5, 0.6) is 0 Å². The minimum atomic E-state index is -2.64. The molecule has 0 atom stereocenters. The predicted octanol–water partition coefficient (Wildman–Crippen LogP) is 3.26. The molecular weight excluding hydrogens is 240 g/mol. The number of nitriles is 1. The molecule has 0 unspecified atom stereocenters. The first-order chi connectivity index (χ1) is 8.60. The molecule has 0 amide bonds. The third-order valence-corrected chi connectivity index (χ3v) is 2.39. The van der Waals surface area contributed by atoms with Crippen LogP contribution in [-0.4, -0.2) is 12.6 Å². The zero-order chi connectivity index (χ0) is 13.5. The van der Waals surface area contributed by atoms with E-state index in [0.29, 0.717) is 12.0 Å². The van der Waals surface area contributed by atoms with Gasteiger partial charge in [-0.25, -0.2) is 13.6 Å². The van der Waals surface area contributed by atoms with Gasteiger partial charge in [-0.3, -0.25) is 0 Å². The van der Waals surface area contributed by atoms with Crippen LogP contribution in [-0.2, 0) is 11.2 Å². The lowest BCUT2D eigenvalue weighted by atomic mass is 10.0. The molecule has 0 N–H and O–H groups in total. The van der Waals surface area contributed by atoms with Gasteiger partial charge in [0.1, 0.15) is 0 Å². The van der Waals surface area contributed by atoms with Crippen molar-refractivity contribution in [3.8, 4) is 6.07 Å². The number of hydrogen-bond donors (Lipinski definition) is 0. The van der Waals surface area contributed by atoms with E-state index in [2.05, 4.69) is 0 Å². The molecular formula is C13H13F2NO2. The number of nitrogens with zero attached hydrogens (tertiary/aromatic N) is 1. The normalized spacial score (nSPS) is 10.2. The van der Waals surface area contributed by atoms with Gasteiger partial charge in [-0.05, 0) is 25.0 Å². The SMILES string of the molecule is CCOC(=O)c1cc(C(F)F)ccc1CCC#N. The van der Waals surface area contributed by atoms with E-state index >= 15 is 0 Å². The van der Waals surface area contributed by atoms with E-state index in [0.717, 1.165) is 6.07 Å². The van der Waals surface area contributed by atoms with Gasteiger partial charge in [-0.15, -0.1) is 0 Å². The second-order valence-corrected chi connectivity index (χ2v) is 3.60. The summed E-state index contributed by atoms with van der Waals surface area (Å²) in [7, 11) is 0. The maximum absolute atomic E-state index is 12.6. The van der Waals surface area contributed by atoms with Crippen molar-refractivity contribution in [3.63, 3.8) is 0 Å². The molecule has 96 valence electrons. The summed E-state index contributed by atoms with van der Waals surface area (Å²) in [6.45, 7) is 1.82. The summed E-state index contributed by atoms with van der Waals surface area (Å²) in [4.78, 5) is 11.7. The fourth-order valence-corrected chi connectivity index (χ4v) is 1.54. The van der Waals surface area contributed by atoms with Crippen LogP contribution < -0.4 is 0 Å². The third-order valence-electron chi connectivity index (χ3n) is 2.39. The van der Waals surface area contributed by atoms with Gasteiger partial charge in [0.05, 0.1) is 18.2 Å². The fourth-order valence-electron chi connectivity index (χ4n) is 1.54. The molecule has 0 aliphatic carbocycles. The van der Waals surface area contributed by atoms with Crippen molar-refractivity contribution in [3.05, 3.63) is 34.9 Å². The molecule has 3 nitrogen and oxygen atoms in total. The van der Waals surface area contributed by atoms with Gasteiger partial charge in [0.2, 0.25) is 0 Å². The highest BCUT2D eigenvalue weighted by Crippen LogP contribution is 2.23. The number of rotatable bonds is 5. The van der Waals surface area contributed by atoms with E-state index in [9.17, 15) is 13.6 Å². The van der Waals surface area contributed by atoms with Gasteiger partial charge in [0.25, 0.3) is 6.43 Å². The number of carbonyl (C=O) groups excluding carboxylic acids is 1. The van der Waals surface area contributed by atoms with Crippen molar-refractivity contribution in [2.24, 2.45) is 0 Å². The Kier molecular flexibility index (Phi) is 5.25. The van der Waals surface area contributed by atoms with Crippen LogP contribution in [0.3, 0.4) is 0 Å². The molecule has 18 heavy (non-hydrogen) atoms. The van der Waals surface area contributed by atoms with Crippen LogP contribution in [0.15, 0.2) is 18.2 Å². The van der Waals surface area contributed by atoms with E-state index < -0.39 is 12.4 Å². The smallest absolute Gasteiger partial charge is 0.338 e. The van der Waals surface area contributed by atoms with Crippen molar-refractivity contribution in [2.75, 3.05) is 6.61 Å². The van der Waals surface area contributed by atoms with Crippen LogP contribution in [0.2, 0.25) is 0 Å². The largest absolute Gasteiger partial charge is 0.462 e. The van der Waals surface area contributed by atoms with Crippen molar-refractivity contribution in [2.45, 2.75) is 26.2 Å². The summed E-state index contributed by atoms with van der Waals surface area (Å²) < 4.78 is 30.0. The average molecular weight is 253 g/mol. The molecule has 0 heterocycles. The Balaban J connectivity index is 3.09. The lowest BCUT2D eigenvalue weighted by Gasteiger charge is -2.09. The number of carbonyl (C=O) groups is 1. The van der Waals surface area contributed by atoms with Crippen LogP contribution >= 0.6 is 0 Å². The quantitative estimate of drug-likeness (QED) is 0.757. The minimum absolute atomic E-state index is 0.116. The molecule has 1 aromatic carbocycles. The number of benzene rings is 1. The number of aryl methyl sites for hydroxylation is 1. The first kappa shape index (κ1) is 14.1. The lowest BCUT2D eigenvalue weighted by molar-refractivity contribution is 0.0524.